The maximum absolute atomic E-state index is 13.5. The number of rotatable bonds is 1. The minimum atomic E-state index is -1.17. The van der Waals surface area contributed by atoms with Crippen LogP contribution in [0.15, 0.2) is 30.3 Å². The molecule has 0 aromatic heterocycles. The van der Waals surface area contributed by atoms with E-state index in [1.807, 2.05) is 0 Å². The molecule has 0 fully saturated rings. The van der Waals surface area contributed by atoms with Crippen LogP contribution >= 0.6 is 0 Å². The second kappa shape index (κ2) is 4.01. The highest BCUT2D eigenvalue weighted by atomic mass is 19.1. The Bertz CT molecular complexity index is 582. The summed E-state index contributed by atoms with van der Waals surface area (Å²) in [6.45, 7) is 0. The third-order valence-corrected chi connectivity index (χ3v) is 2.33. The summed E-state index contributed by atoms with van der Waals surface area (Å²) < 4.78 is 39.4. The Labute approximate surface area is 94.6 Å². The lowest BCUT2D eigenvalue weighted by atomic mass is 10.0. The van der Waals surface area contributed by atoms with Gasteiger partial charge in [-0.1, -0.05) is 6.07 Å². The lowest BCUT2D eigenvalue weighted by Crippen LogP contribution is -1.89. The lowest BCUT2D eigenvalue weighted by molar-refractivity contribution is 0.397. The van der Waals surface area contributed by atoms with Gasteiger partial charge in [0.2, 0.25) is 0 Å². The van der Waals surface area contributed by atoms with E-state index in [4.69, 9.17) is 10.2 Å². The molecule has 0 amide bonds. The van der Waals surface area contributed by atoms with Crippen LogP contribution in [0.3, 0.4) is 0 Å². The standard InChI is InChI=1S/C12H7F3O2/c13-8-3-2-7(11(15)12(8)17)6-1-4-10(16)9(14)5-6/h1-5,16-17H. The molecule has 0 aliphatic heterocycles. The molecule has 0 bridgehead atoms. The predicted octanol–water partition coefficient (Wildman–Crippen LogP) is 3.18. The molecule has 0 unspecified atom stereocenters. The van der Waals surface area contributed by atoms with Gasteiger partial charge in [0.1, 0.15) is 0 Å². The fraction of sp³-hybridized carbons (Fsp3) is 0. The largest absolute Gasteiger partial charge is 0.505 e. The number of phenols is 2. The molecule has 2 nitrogen and oxygen atoms in total. The van der Waals surface area contributed by atoms with Gasteiger partial charge >= 0.3 is 0 Å². The summed E-state index contributed by atoms with van der Waals surface area (Å²) in [5, 5.41) is 18.1. The molecule has 2 N–H and O–H groups in total. The summed E-state index contributed by atoms with van der Waals surface area (Å²) in [4.78, 5) is 0. The van der Waals surface area contributed by atoms with Crippen molar-refractivity contribution >= 4 is 0 Å². The number of hydrogen-bond donors (Lipinski definition) is 2. The van der Waals surface area contributed by atoms with Crippen LogP contribution in [0.1, 0.15) is 0 Å². The molecule has 5 heteroatoms. The van der Waals surface area contributed by atoms with E-state index in [2.05, 4.69) is 0 Å². The molecular formula is C12H7F3O2. The van der Waals surface area contributed by atoms with E-state index in [0.717, 1.165) is 24.3 Å². The van der Waals surface area contributed by atoms with E-state index >= 15 is 0 Å². The number of benzene rings is 2. The van der Waals surface area contributed by atoms with Crippen LogP contribution in [0.25, 0.3) is 11.1 Å². The predicted molar refractivity (Wildman–Crippen MR) is 55.1 cm³/mol. The van der Waals surface area contributed by atoms with Crippen molar-refractivity contribution in [2.45, 2.75) is 0 Å². The van der Waals surface area contributed by atoms with E-state index in [-0.39, 0.29) is 11.1 Å². The van der Waals surface area contributed by atoms with Crippen LogP contribution < -0.4 is 0 Å². The Hall–Kier alpha value is -2.17. The van der Waals surface area contributed by atoms with E-state index in [9.17, 15) is 13.2 Å². The Kier molecular flexibility index (Phi) is 2.67. The van der Waals surface area contributed by atoms with Crippen LogP contribution in [0, 0.1) is 17.5 Å². The van der Waals surface area contributed by atoms with E-state index in [1.165, 1.54) is 6.07 Å². The summed E-state index contributed by atoms with van der Waals surface area (Å²) in [7, 11) is 0. The SMILES string of the molecule is Oc1ccc(-c2ccc(F)c(O)c2F)cc1F. The normalized spacial score (nSPS) is 10.5. The molecule has 88 valence electrons. The highest BCUT2D eigenvalue weighted by molar-refractivity contribution is 5.66. The maximum Gasteiger partial charge on any atom is 0.188 e. The fourth-order valence-electron chi connectivity index (χ4n) is 1.44. The molecule has 2 rings (SSSR count). The monoisotopic (exact) mass is 240 g/mol. The first-order chi connectivity index (χ1) is 8.00. The second-order valence-electron chi connectivity index (χ2n) is 3.42. The molecule has 0 aliphatic carbocycles. The molecule has 0 saturated heterocycles. The van der Waals surface area contributed by atoms with Crippen molar-refractivity contribution in [3.05, 3.63) is 47.8 Å². The van der Waals surface area contributed by atoms with Gasteiger partial charge in [-0.05, 0) is 29.8 Å². The van der Waals surface area contributed by atoms with Crippen molar-refractivity contribution in [1.29, 1.82) is 0 Å². The first-order valence-electron chi connectivity index (χ1n) is 4.66. The zero-order valence-electron chi connectivity index (χ0n) is 8.42. The Balaban J connectivity index is 2.61. The second-order valence-corrected chi connectivity index (χ2v) is 3.42. The molecule has 0 atom stereocenters. The minimum Gasteiger partial charge on any atom is -0.505 e. The molecule has 2 aromatic carbocycles. The van der Waals surface area contributed by atoms with Crippen LogP contribution in [0.4, 0.5) is 13.2 Å². The summed E-state index contributed by atoms with van der Waals surface area (Å²) in [5.74, 6) is -4.87. The number of hydrogen-bond acceptors (Lipinski definition) is 2. The lowest BCUT2D eigenvalue weighted by Gasteiger charge is -2.06. The van der Waals surface area contributed by atoms with Crippen molar-refractivity contribution in [3.8, 4) is 22.6 Å². The smallest absolute Gasteiger partial charge is 0.188 e. The van der Waals surface area contributed by atoms with Gasteiger partial charge in [0.05, 0.1) is 0 Å². The van der Waals surface area contributed by atoms with Crippen molar-refractivity contribution in [2.24, 2.45) is 0 Å². The number of halogens is 3. The summed E-state index contributed by atoms with van der Waals surface area (Å²) in [6.07, 6.45) is 0. The highest BCUT2D eigenvalue weighted by Crippen LogP contribution is 2.32. The van der Waals surface area contributed by atoms with Crippen molar-refractivity contribution in [2.75, 3.05) is 0 Å². The Morgan fingerprint density at radius 1 is 0.824 bits per heavy atom. The average Bonchev–Trinajstić information content (AvgIpc) is 2.30. The van der Waals surface area contributed by atoms with Crippen LogP contribution in [-0.2, 0) is 0 Å². The van der Waals surface area contributed by atoms with E-state index < -0.39 is 29.0 Å². The molecule has 0 aliphatic rings. The first-order valence-corrected chi connectivity index (χ1v) is 4.66. The van der Waals surface area contributed by atoms with Crippen molar-refractivity contribution < 1.29 is 23.4 Å². The van der Waals surface area contributed by atoms with Gasteiger partial charge in [0.15, 0.2) is 29.0 Å². The van der Waals surface area contributed by atoms with Crippen LogP contribution in [0.2, 0.25) is 0 Å². The van der Waals surface area contributed by atoms with Crippen molar-refractivity contribution in [3.63, 3.8) is 0 Å². The number of phenolic OH excluding ortho intramolecular Hbond substituents is 2. The van der Waals surface area contributed by atoms with E-state index in [0.29, 0.717) is 0 Å². The minimum absolute atomic E-state index is 0.0908. The number of aromatic hydroxyl groups is 2. The molecule has 0 radical (unpaired) electrons. The summed E-state index contributed by atoms with van der Waals surface area (Å²) in [5.41, 5.74) is -0.0594. The molecule has 0 spiro atoms. The molecular weight excluding hydrogens is 233 g/mol. The topological polar surface area (TPSA) is 40.5 Å². The van der Waals surface area contributed by atoms with Crippen LogP contribution in [0.5, 0.6) is 11.5 Å². The van der Waals surface area contributed by atoms with Gasteiger partial charge in [-0.15, -0.1) is 0 Å². The molecule has 0 saturated carbocycles. The Morgan fingerprint density at radius 2 is 1.53 bits per heavy atom. The van der Waals surface area contributed by atoms with Gasteiger partial charge in [0, 0.05) is 5.56 Å². The molecule has 0 heterocycles. The third kappa shape index (κ3) is 1.91. The zero-order chi connectivity index (χ0) is 12.6. The first kappa shape index (κ1) is 11.3. The highest BCUT2D eigenvalue weighted by Gasteiger charge is 2.14. The summed E-state index contributed by atoms with van der Waals surface area (Å²) >= 11 is 0. The third-order valence-electron chi connectivity index (χ3n) is 2.33. The van der Waals surface area contributed by atoms with Gasteiger partial charge in [-0.25, -0.2) is 13.2 Å². The van der Waals surface area contributed by atoms with E-state index in [1.54, 1.807) is 0 Å². The maximum atomic E-state index is 13.5. The fourth-order valence-corrected chi connectivity index (χ4v) is 1.44. The summed E-state index contributed by atoms with van der Waals surface area (Å²) in [6, 6.07) is 5.15. The van der Waals surface area contributed by atoms with Crippen LogP contribution in [-0.4, -0.2) is 10.2 Å². The van der Waals surface area contributed by atoms with Gasteiger partial charge in [-0.3, -0.25) is 0 Å². The molecule has 17 heavy (non-hydrogen) atoms. The quantitative estimate of drug-likeness (QED) is 0.803. The zero-order valence-corrected chi connectivity index (χ0v) is 8.42. The van der Waals surface area contributed by atoms with Gasteiger partial charge < -0.3 is 10.2 Å². The Morgan fingerprint density at radius 3 is 2.18 bits per heavy atom. The van der Waals surface area contributed by atoms with Crippen molar-refractivity contribution in [1.82, 2.24) is 0 Å². The van der Waals surface area contributed by atoms with Gasteiger partial charge in [-0.2, -0.15) is 0 Å². The van der Waals surface area contributed by atoms with Gasteiger partial charge in [0.25, 0.3) is 0 Å². The molecule has 2 aromatic rings. The average molecular weight is 240 g/mol.